The Labute approximate surface area is 60.6 Å². The molecular weight excluding hydrogens is 132 g/mol. The van der Waals surface area contributed by atoms with Crippen molar-refractivity contribution < 1.29 is 14.2 Å². The summed E-state index contributed by atoms with van der Waals surface area (Å²) in [4.78, 5) is 0. The van der Waals surface area contributed by atoms with Crippen LogP contribution in [0.25, 0.3) is 0 Å². The van der Waals surface area contributed by atoms with Gasteiger partial charge in [0, 0.05) is 14.2 Å². The highest BCUT2D eigenvalue weighted by molar-refractivity contribution is 5.08. The second-order valence-electron chi connectivity index (χ2n) is 2.22. The topological polar surface area (TPSA) is 27.7 Å². The summed E-state index contributed by atoms with van der Waals surface area (Å²) in [5.74, 6) is 0. The van der Waals surface area contributed by atoms with Crippen molar-refractivity contribution in [2.24, 2.45) is 0 Å². The van der Waals surface area contributed by atoms with Crippen molar-refractivity contribution in [1.29, 1.82) is 0 Å². The minimum Gasteiger partial charge on any atom is -0.352 e. The van der Waals surface area contributed by atoms with Gasteiger partial charge in [-0.1, -0.05) is 0 Å². The molecule has 0 aromatic rings. The van der Waals surface area contributed by atoms with Crippen molar-refractivity contribution in [3.63, 3.8) is 0 Å². The van der Waals surface area contributed by atoms with Gasteiger partial charge < -0.3 is 14.2 Å². The molecule has 0 amide bonds. The van der Waals surface area contributed by atoms with E-state index in [0.717, 1.165) is 5.57 Å². The van der Waals surface area contributed by atoms with E-state index in [-0.39, 0.29) is 12.6 Å². The zero-order chi connectivity index (χ0) is 7.56. The molecule has 2 atom stereocenters. The van der Waals surface area contributed by atoms with Crippen molar-refractivity contribution in [2.45, 2.75) is 19.5 Å². The first kappa shape index (κ1) is 7.72. The SMILES string of the molecule is COC1C=C(C)C(OC)O1. The molecule has 0 aliphatic carbocycles. The maximum atomic E-state index is 5.23. The highest BCUT2D eigenvalue weighted by Gasteiger charge is 2.22. The summed E-state index contributed by atoms with van der Waals surface area (Å²) in [6.07, 6.45) is 1.45. The predicted octanol–water partition coefficient (Wildman–Crippen LogP) is 0.908. The predicted molar refractivity (Wildman–Crippen MR) is 36.4 cm³/mol. The molecule has 0 bridgehead atoms. The molecule has 0 spiro atoms. The van der Waals surface area contributed by atoms with Crippen LogP contribution in [0.15, 0.2) is 11.6 Å². The Bertz CT molecular complexity index is 142. The van der Waals surface area contributed by atoms with Gasteiger partial charge in [0.15, 0.2) is 12.6 Å². The summed E-state index contributed by atoms with van der Waals surface area (Å²) < 4.78 is 15.2. The van der Waals surface area contributed by atoms with Gasteiger partial charge in [-0.25, -0.2) is 0 Å². The standard InChI is InChI=1S/C7H12O3/c1-5-4-6(8-2)10-7(5)9-3/h4,6-7H,1-3H3. The Morgan fingerprint density at radius 1 is 1.40 bits per heavy atom. The average Bonchev–Trinajstić information content (AvgIpc) is 2.30. The molecule has 10 heavy (non-hydrogen) atoms. The van der Waals surface area contributed by atoms with Crippen LogP contribution in [-0.4, -0.2) is 26.8 Å². The lowest BCUT2D eigenvalue weighted by atomic mass is 10.3. The van der Waals surface area contributed by atoms with Crippen LogP contribution >= 0.6 is 0 Å². The fourth-order valence-electron chi connectivity index (χ4n) is 0.927. The molecule has 1 rings (SSSR count). The summed E-state index contributed by atoms with van der Waals surface area (Å²) in [5.41, 5.74) is 1.06. The highest BCUT2D eigenvalue weighted by atomic mass is 16.8. The summed E-state index contributed by atoms with van der Waals surface area (Å²) in [6, 6.07) is 0. The van der Waals surface area contributed by atoms with Crippen molar-refractivity contribution in [1.82, 2.24) is 0 Å². The lowest BCUT2D eigenvalue weighted by Crippen LogP contribution is -2.16. The molecule has 1 heterocycles. The van der Waals surface area contributed by atoms with E-state index in [1.807, 2.05) is 13.0 Å². The van der Waals surface area contributed by atoms with Gasteiger partial charge in [-0.3, -0.25) is 0 Å². The molecule has 2 unspecified atom stereocenters. The molecule has 58 valence electrons. The van der Waals surface area contributed by atoms with E-state index in [1.54, 1.807) is 14.2 Å². The zero-order valence-corrected chi connectivity index (χ0v) is 6.46. The maximum absolute atomic E-state index is 5.23. The third-order valence-electron chi connectivity index (χ3n) is 1.47. The van der Waals surface area contributed by atoms with Crippen molar-refractivity contribution in [2.75, 3.05) is 14.2 Å². The first-order valence-electron chi connectivity index (χ1n) is 3.17. The van der Waals surface area contributed by atoms with Crippen LogP contribution in [0.4, 0.5) is 0 Å². The van der Waals surface area contributed by atoms with Crippen LogP contribution in [0.5, 0.6) is 0 Å². The van der Waals surface area contributed by atoms with E-state index in [9.17, 15) is 0 Å². The number of rotatable bonds is 2. The smallest absolute Gasteiger partial charge is 0.182 e. The van der Waals surface area contributed by atoms with Crippen LogP contribution in [0.3, 0.4) is 0 Å². The molecule has 0 radical (unpaired) electrons. The van der Waals surface area contributed by atoms with Crippen LogP contribution < -0.4 is 0 Å². The number of hydrogen-bond acceptors (Lipinski definition) is 3. The third-order valence-corrected chi connectivity index (χ3v) is 1.47. The van der Waals surface area contributed by atoms with Crippen LogP contribution in [0, 0.1) is 0 Å². The number of methoxy groups -OCH3 is 2. The van der Waals surface area contributed by atoms with Gasteiger partial charge >= 0.3 is 0 Å². The minimum atomic E-state index is -0.232. The molecule has 3 heteroatoms. The fourth-order valence-corrected chi connectivity index (χ4v) is 0.927. The summed E-state index contributed by atoms with van der Waals surface area (Å²) >= 11 is 0. The molecule has 1 aliphatic heterocycles. The third kappa shape index (κ3) is 1.37. The summed E-state index contributed by atoms with van der Waals surface area (Å²) in [6.45, 7) is 1.95. The maximum Gasteiger partial charge on any atom is 0.182 e. The second kappa shape index (κ2) is 3.14. The fraction of sp³-hybridized carbons (Fsp3) is 0.714. The van der Waals surface area contributed by atoms with Gasteiger partial charge in [0.25, 0.3) is 0 Å². The molecular formula is C7H12O3. The van der Waals surface area contributed by atoms with Gasteiger partial charge in [0.1, 0.15) is 0 Å². The molecule has 0 N–H and O–H groups in total. The zero-order valence-electron chi connectivity index (χ0n) is 6.46. The van der Waals surface area contributed by atoms with Gasteiger partial charge in [0.05, 0.1) is 0 Å². The van der Waals surface area contributed by atoms with Gasteiger partial charge in [0.2, 0.25) is 0 Å². The van der Waals surface area contributed by atoms with E-state index in [2.05, 4.69) is 0 Å². The first-order valence-corrected chi connectivity index (χ1v) is 3.17. The Kier molecular flexibility index (Phi) is 2.43. The number of hydrogen-bond donors (Lipinski definition) is 0. The Hall–Kier alpha value is -0.380. The lowest BCUT2D eigenvalue weighted by Gasteiger charge is -2.11. The quantitative estimate of drug-likeness (QED) is 0.539. The van der Waals surface area contributed by atoms with Crippen molar-refractivity contribution >= 4 is 0 Å². The van der Waals surface area contributed by atoms with Crippen LogP contribution in [-0.2, 0) is 14.2 Å². The highest BCUT2D eigenvalue weighted by Crippen LogP contribution is 2.19. The Balaban J connectivity index is 2.50. The van der Waals surface area contributed by atoms with Crippen molar-refractivity contribution in [3.8, 4) is 0 Å². The second-order valence-corrected chi connectivity index (χ2v) is 2.22. The molecule has 0 saturated heterocycles. The van der Waals surface area contributed by atoms with E-state index in [0.29, 0.717) is 0 Å². The minimum absolute atomic E-state index is 0.218. The van der Waals surface area contributed by atoms with Gasteiger partial charge in [-0.15, -0.1) is 0 Å². The molecule has 0 aromatic heterocycles. The van der Waals surface area contributed by atoms with Crippen LogP contribution in [0.2, 0.25) is 0 Å². The Morgan fingerprint density at radius 3 is 2.40 bits per heavy atom. The van der Waals surface area contributed by atoms with E-state index in [4.69, 9.17) is 14.2 Å². The molecule has 1 aliphatic rings. The van der Waals surface area contributed by atoms with E-state index < -0.39 is 0 Å². The van der Waals surface area contributed by atoms with Crippen molar-refractivity contribution in [3.05, 3.63) is 11.6 Å². The first-order chi connectivity index (χ1) is 4.77. The largest absolute Gasteiger partial charge is 0.352 e. The normalized spacial score (nSPS) is 32.5. The molecule has 0 saturated carbocycles. The van der Waals surface area contributed by atoms with Crippen LogP contribution in [0.1, 0.15) is 6.92 Å². The van der Waals surface area contributed by atoms with E-state index >= 15 is 0 Å². The van der Waals surface area contributed by atoms with Gasteiger partial charge in [-0.05, 0) is 18.6 Å². The van der Waals surface area contributed by atoms with E-state index in [1.165, 1.54) is 0 Å². The summed E-state index contributed by atoms with van der Waals surface area (Å²) in [7, 11) is 3.21. The lowest BCUT2D eigenvalue weighted by molar-refractivity contribution is -0.176. The van der Waals surface area contributed by atoms with Gasteiger partial charge in [-0.2, -0.15) is 0 Å². The Morgan fingerprint density at radius 2 is 2.10 bits per heavy atom. The molecule has 0 aromatic carbocycles. The summed E-state index contributed by atoms with van der Waals surface area (Å²) in [5, 5.41) is 0. The molecule has 3 nitrogen and oxygen atoms in total. The monoisotopic (exact) mass is 144 g/mol. The number of ether oxygens (including phenoxy) is 3. The average molecular weight is 144 g/mol. The molecule has 0 fully saturated rings.